The average Bonchev–Trinajstić information content (AvgIpc) is 2.42. The first-order valence-electron chi connectivity index (χ1n) is 9.00. The molecular formula is C19H37NO4. The van der Waals surface area contributed by atoms with E-state index >= 15 is 0 Å². The first-order chi connectivity index (χ1) is 10.8. The van der Waals surface area contributed by atoms with E-state index in [0.29, 0.717) is 19.8 Å². The van der Waals surface area contributed by atoms with Crippen LogP contribution in [0.5, 0.6) is 0 Å². The SMILES string of the molecule is CC(C)(C)CC(C)(C(=O)OCC(O)CN1CCOCC1)C(C)(C)C. The van der Waals surface area contributed by atoms with Crippen LogP contribution in [0.4, 0.5) is 0 Å². The van der Waals surface area contributed by atoms with Gasteiger partial charge in [0.25, 0.3) is 0 Å². The average molecular weight is 344 g/mol. The van der Waals surface area contributed by atoms with Crippen LogP contribution in [0, 0.1) is 16.2 Å². The minimum absolute atomic E-state index is 0.0213. The van der Waals surface area contributed by atoms with Crippen LogP contribution in [0.2, 0.25) is 0 Å². The van der Waals surface area contributed by atoms with Gasteiger partial charge in [0.1, 0.15) is 12.7 Å². The van der Waals surface area contributed by atoms with Crippen molar-refractivity contribution in [1.29, 1.82) is 0 Å². The van der Waals surface area contributed by atoms with Gasteiger partial charge in [0.15, 0.2) is 0 Å². The van der Waals surface area contributed by atoms with Gasteiger partial charge in [0, 0.05) is 19.6 Å². The lowest BCUT2D eigenvalue weighted by atomic mass is 9.61. The van der Waals surface area contributed by atoms with Crippen LogP contribution in [0.3, 0.4) is 0 Å². The van der Waals surface area contributed by atoms with Crippen molar-refractivity contribution in [2.24, 2.45) is 16.2 Å². The third-order valence-electron chi connectivity index (χ3n) is 4.97. The summed E-state index contributed by atoms with van der Waals surface area (Å²) in [6, 6.07) is 0. The molecule has 1 heterocycles. The number of aliphatic hydroxyl groups excluding tert-OH is 1. The molecule has 1 aliphatic heterocycles. The van der Waals surface area contributed by atoms with Crippen molar-refractivity contribution in [3.63, 3.8) is 0 Å². The van der Waals surface area contributed by atoms with E-state index < -0.39 is 11.5 Å². The monoisotopic (exact) mass is 343 g/mol. The highest BCUT2D eigenvalue weighted by Gasteiger charge is 2.47. The van der Waals surface area contributed by atoms with E-state index in [4.69, 9.17) is 9.47 Å². The number of nitrogens with zero attached hydrogens (tertiary/aromatic N) is 1. The number of hydrogen-bond donors (Lipinski definition) is 1. The van der Waals surface area contributed by atoms with E-state index in [1.165, 1.54) is 0 Å². The molecule has 0 aromatic heterocycles. The second-order valence-corrected chi connectivity index (χ2v) is 9.48. The Labute approximate surface area is 147 Å². The van der Waals surface area contributed by atoms with Gasteiger partial charge in [-0.2, -0.15) is 0 Å². The van der Waals surface area contributed by atoms with Crippen LogP contribution in [-0.4, -0.2) is 61.5 Å². The number of rotatable bonds is 6. The molecule has 0 amide bonds. The molecule has 1 saturated heterocycles. The highest BCUT2D eigenvalue weighted by atomic mass is 16.5. The van der Waals surface area contributed by atoms with Crippen LogP contribution in [0.25, 0.3) is 0 Å². The van der Waals surface area contributed by atoms with Crippen molar-refractivity contribution in [3.8, 4) is 0 Å². The van der Waals surface area contributed by atoms with E-state index in [9.17, 15) is 9.90 Å². The van der Waals surface area contributed by atoms with Crippen molar-refractivity contribution >= 4 is 5.97 Å². The lowest BCUT2D eigenvalue weighted by Crippen LogP contribution is -2.46. The number of carbonyl (C=O) groups is 1. The number of hydrogen-bond acceptors (Lipinski definition) is 5. The van der Waals surface area contributed by atoms with Crippen LogP contribution >= 0.6 is 0 Å². The summed E-state index contributed by atoms with van der Waals surface area (Å²) in [4.78, 5) is 15.0. The summed E-state index contributed by atoms with van der Waals surface area (Å²) < 4.78 is 10.8. The van der Waals surface area contributed by atoms with Gasteiger partial charge in [-0.15, -0.1) is 0 Å². The second-order valence-electron chi connectivity index (χ2n) is 9.48. The predicted octanol–water partition coefficient (Wildman–Crippen LogP) is 2.71. The molecule has 0 aromatic carbocycles. The number of morpholine rings is 1. The molecule has 0 aromatic rings. The first kappa shape index (κ1) is 21.4. The number of β-amino-alcohol motifs (C(OH)–C–C–N with tert-alkyl or cyclic N) is 1. The van der Waals surface area contributed by atoms with Crippen LogP contribution < -0.4 is 0 Å². The molecule has 1 fully saturated rings. The molecule has 0 saturated carbocycles. The van der Waals surface area contributed by atoms with Crippen LogP contribution in [0.15, 0.2) is 0 Å². The molecule has 142 valence electrons. The summed E-state index contributed by atoms with van der Waals surface area (Å²) >= 11 is 0. The maximum Gasteiger partial charge on any atom is 0.312 e. The standard InChI is InChI=1S/C19H37NO4/c1-17(2,3)14-19(7,18(4,5)6)16(22)24-13-15(21)12-20-8-10-23-11-9-20/h15,21H,8-14H2,1-7H3. The molecule has 0 spiro atoms. The minimum Gasteiger partial charge on any atom is -0.462 e. The summed E-state index contributed by atoms with van der Waals surface area (Å²) in [6.45, 7) is 18.2. The number of esters is 1. The number of ether oxygens (including phenoxy) is 2. The molecule has 1 rings (SSSR count). The van der Waals surface area contributed by atoms with Gasteiger partial charge in [-0.25, -0.2) is 0 Å². The topological polar surface area (TPSA) is 59.0 Å². The molecule has 0 aliphatic carbocycles. The predicted molar refractivity (Wildman–Crippen MR) is 95.9 cm³/mol. The molecule has 1 aliphatic rings. The van der Waals surface area contributed by atoms with Gasteiger partial charge in [-0.1, -0.05) is 41.5 Å². The van der Waals surface area contributed by atoms with E-state index in [1.807, 2.05) is 6.92 Å². The van der Waals surface area contributed by atoms with Crippen molar-refractivity contribution in [3.05, 3.63) is 0 Å². The van der Waals surface area contributed by atoms with Gasteiger partial charge in [-0.3, -0.25) is 9.69 Å². The van der Waals surface area contributed by atoms with Gasteiger partial charge in [0.05, 0.1) is 18.6 Å². The molecule has 2 atom stereocenters. The highest BCUT2D eigenvalue weighted by Crippen LogP contribution is 2.47. The smallest absolute Gasteiger partial charge is 0.312 e. The lowest BCUT2D eigenvalue weighted by molar-refractivity contribution is -0.168. The molecule has 1 N–H and O–H groups in total. The third kappa shape index (κ3) is 6.34. The summed E-state index contributed by atoms with van der Waals surface area (Å²) in [5.41, 5.74) is -0.788. The normalized spacial score (nSPS) is 21.2. The van der Waals surface area contributed by atoms with Crippen molar-refractivity contribution in [1.82, 2.24) is 4.90 Å². The Morgan fingerprint density at radius 3 is 2.12 bits per heavy atom. The number of carbonyl (C=O) groups excluding carboxylic acids is 1. The summed E-state index contributed by atoms with van der Waals surface area (Å²) in [6.07, 6.45) is 0.0768. The maximum atomic E-state index is 12.8. The molecular weight excluding hydrogens is 306 g/mol. The Morgan fingerprint density at radius 1 is 1.12 bits per heavy atom. The van der Waals surface area contributed by atoms with Gasteiger partial charge in [0.2, 0.25) is 0 Å². The Kier molecular flexibility index (Phi) is 7.27. The summed E-state index contributed by atoms with van der Waals surface area (Å²) in [5, 5.41) is 10.2. The summed E-state index contributed by atoms with van der Waals surface area (Å²) in [5.74, 6) is -0.217. The zero-order chi connectivity index (χ0) is 18.6. The Bertz CT molecular complexity index is 405. The summed E-state index contributed by atoms with van der Waals surface area (Å²) in [7, 11) is 0. The van der Waals surface area contributed by atoms with Gasteiger partial charge in [-0.05, 0) is 24.2 Å². The van der Waals surface area contributed by atoms with Gasteiger partial charge >= 0.3 is 5.97 Å². The van der Waals surface area contributed by atoms with Crippen LogP contribution in [-0.2, 0) is 14.3 Å². The van der Waals surface area contributed by atoms with Crippen molar-refractivity contribution < 1.29 is 19.4 Å². The first-order valence-corrected chi connectivity index (χ1v) is 9.00. The maximum absolute atomic E-state index is 12.8. The molecule has 5 nitrogen and oxygen atoms in total. The van der Waals surface area contributed by atoms with E-state index in [-0.39, 0.29) is 23.4 Å². The highest BCUT2D eigenvalue weighted by molar-refractivity contribution is 5.77. The molecule has 2 unspecified atom stereocenters. The molecule has 24 heavy (non-hydrogen) atoms. The fraction of sp³-hybridized carbons (Fsp3) is 0.947. The third-order valence-corrected chi connectivity index (χ3v) is 4.97. The Hall–Kier alpha value is -0.650. The zero-order valence-corrected chi connectivity index (χ0v) is 16.6. The molecule has 0 bridgehead atoms. The molecule has 0 radical (unpaired) electrons. The Balaban J connectivity index is 2.61. The van der Waals surface area contributed by atoms with E-state index in [2.05, 4.69) is 46.4 Å². The lowest BCUT2D eigenvalue weighted by Gasteiger charge is -2.43. The number of aliphatic hydroxyl groups is 1. The Morgan fingerprint density at radius 2 is 1.67 bits per heavy atom. The van der Waals surface area contributed by atoms with E-state index in [0.717, 1.165) is 19.5 Å². The van der Waals surface area contributed by atoms with Crippen LogP contribution in [0.1, 0.15) is 54.9 Å². The quantitative estimate of drug-likeness (QED) is 0.752. The molecule has 5 heteroatoms. The second kappa shape index (κ2) is 8.15. The fourth-order valence-electron chi connectivity index (χ4n) is 3.17. The fourth-order valence-corrected chi connectivity index (χ4v) is 3.17. The van der Waals surface area contributed by atoms with Crippen molar-refractivity contribution in [2.75, 3.05) is 39.5 Å². The van der Waals surface area contributed by atoms with Crippen molar-refractivity contribution in [2.45, 2.75) is 61.0 Å². The van der Waals surface area contributed by atoms with Gasteiger partial charge < -0.3 is 14.6 Å². The van der Waals surface area contributed by atoms with E-state index in [1.54, 1.807) is 0 Å². The minimum atomic E-state index is -0.661. The zero-order valence-electron chi connectivity index (χ0n) is 16.6. The largest absolute Gasteiger partial charge is 0.462 e.